The highest BCUT2D eigenvalue weighted by atomic mass is 19.1. The quantitative estimate of drug-likeness (QED) is 0.722. The van der Waals surface area contributed by atoms with Crippen molar-refractivity contribution in [2.24, 2.45) is 0 Å². The van der Waals surface area contributed by atoms with Gasteiger partial charge >= 0.3 is 0 Å². The molecule has 17 heavy (non-hydrogen) atoms. The van der Waals surface area contributed by atoms with Crippen molar-refractivity contribution in [1.29, 1.82) is 0 Å². The summed E-state index contributed by atoms with van der Waals surface area (Å²) in [4.78, 5) is 0. The maximum atomic E-state index is 12.9. The van der Waals surface area contributed by atoms with E-state index in [-0.39, 0.29) is 5.82 Å². The van der Waals surface area contributed by atoms with Crippen LogP contribution in [0.25, 0.3) is 5.57 Å². The number of allylic oxidation sites excluding steroid dienone is 1. The molecule has 2 aromatic carbocycles. The van der Waals surface area contributed by atoms with Crippen molar-refractivity contribution < 1.29 is 4.39 Å². The molecule has 0 spiro atoms. The second-order valence-corrected chi connectivity index (χ2v) is 3.78. The molecule has 0 atom stereocenters. The van der Waals surface area contributed by atoms with E-state index in [2.05, 4.69) is 13.0 Å². The number of rotatable bonds is 3. The summed E-state index contributed by atoms with van der Waals surface area (Å²) in [6.45, 7) is 3.84. The molecule has 0 aliphatic rings. The van der Waals surface area contributed by atoms with Crippen LogP contribution < -0.4 is 0 Å². The minimum absolute atomic E-state index is 0.212. The smallest absolute Gasteiger partial charge is 0.123 e. The van der Waals surface area contributed by atoms with Gasteiger partial charge in [0.05, 0.1) is 0 Å². The Morgan fingerprint density at radius 3 is 2.12 bits per heavy atom. The molecule has 0 nitrogen and oxygen atoms in total. The largest absolute Gasteiger partial charge is 0.207 e. The van der Waals surface area contributed by atoms with Crippen molar-refractivity contribution in [3.05, 3.63) is 84.5 Å². The summed E-state index contributed by atoms with van der Waals surface area (Å²) in [5.41, 5.74) is 3.24. The second kappa shape index (κ2) is 5.44. The number of hydrogen-bond acceptors (Lipinski definition) is 0. The van der Waals surface area contributed by atoms with E-state index in [1.165, 1.54) is 12.1 Å². The fourth-order valence-corrected chi connectivity index (χ4v) is 1.79. The molecule has 1 radical (unpaired) electrons. The summed E-state index contributed by atoms with van der Waals surface area (Å²) in [5, 5.41) is 0. The molecule has 1 heteroatoms. The summed E-state index contributed by atoms with van der Waals surface area (Å²) in [6, 6.07) is 16.6. The van der Waals surface area contributed by atoms with Crippen LogP contribution in [0.4, 0.5) is 4.39 Å². The second-order valence-electron chi connectivity index (χ2n) is 3.78. The molecule has 0 bridgehead atoms. The summed E-state index contributed by atoms with van der Waals surface area (Å²) >= 11 is 0. The van der Waals surface area contributed by atoms with E-state index >= 15 is 0 Å². The Labute approximate surface area is 101 Å². The first-order chi connectivity index (χ1) is 8.31. The summed E-state index contributed by atoms with van der Waals surface area (Å²) in [7, 11) is 0. The van der Waals surface area contributed by atoms with E-state index in [4.69, 9.17) is 0 Å². The predicted molar refractivity (Wildman–Crippen MR) is 69.9 cm³/mol. The van der Waals surface area contributed by atoms with E-state index in [0.29, 0.717) is 6.42 Å². The molecule has 0 aliphatic heterocycles. The summed E-state index contributed by atoms with van der Waals surface area (Å²) in [5.74, 6) is -0.212. The first-order valence-corrected chi connectivity index (χ1v) is 5.62. The molecule has 2 aromatic rings. The van der Waals surface area contributed by atoms with Crippen LogP contribution in [0.1, 0.15) is 17.5 Å². The first kappa shape index (κ1) is 11.6. The Bertz CT molecular complexity index is 495. The average molecular weight is 225 g/mol. The van der Waals surface area contributed by atoms with Gasteiger partial charge in [-0.15, -0.1) is 0 Å². The third kappa shape index (κ3) is 2.82. The third-order valence-corrected chi connectivity index (χ3v) is 2.59. The Morgan fingerprint density at radius 1 is 0.941 bits per heavy atom. The molecule has 0 N–H and O–H groups in total. The van der Waals surface area contributed by atoms with Crippen LogP contribution in [0.5, 0.6) is 0 Å². The lowest BCUT2D eigenvalue weighted by Crippen LogP contribution is -1.88. The molecular weight excluding hydrogens is 211 g/mol. The van der Waals surface area contributed by atoms with E-state index in [1.807, 2.05) is 30.3 Å². The van der Waals surface area contributed by atoms with Gasteiger partial charge in [-0.25, -0.2) is 4.39 Å². The zero-order valence-electron chi connectivity index (χ0n) is 9.57. The molecule has 0 unspecified atom stereocenters. The van der Waals surface area contributed by atoms with Gasteiger partial charge in [0.15, 0.2) is 0 Å². The van der Waals surface area contributed by atoms with Crippen LogP contribution in [0.15, 0.2) is 60.7 Å². The van der Waals surface area contributed by atoms with Crippen LogP contribution in [0, 0.1) is 12.7 Å². The minimum Gasteiger partial charge on any atom is -0.207 e. The van der Waals surface area contributed by atoms with Gasteiger partial charge < -0.3 is 0 Å². The van der Waals surface area contributed by atoms with Crippen molar-refractivity contribution in [1.82, 2.24) is 0 Å². The maximum Gasteiger partial charge on any atom is 0.123 e. The molecule has 0 saturated heterocycles. The van der Waals surface area contributed by atoms with Crippen LogP contribution in [-0.2, 0) is 0 Å². The predicted octanol–water partition coefficient (Wildman–Crippen LogP) is 4.48. The van der Waals surface area contributed by atoms with Crippen LogP contribution in [0.2, 0.25) is 0 Å². The van der Waals surface area contributed by atoms with Gasteiger partial charge in [0.25, 0.3) is 0 Å². The normalized spacial score (nSPS) is 11.5. The third-order valence-electron chi connectivity index (χ3n) is 2.59. The lowest BCUT2D eigenvalue weighted by Gasteiger charge is -2.08. The Morgan fingerprint density at radius 2 is 1.53 bits per heavy atom. The van der Waals surface area contributed by atoms with Crippen LogP contribution >= 0.6 is 0 Å². The fraction of sp³-hybridized carbons (Fsp3) is 0.0625. The fourth-order valence-electron chi connectivity index (χ4n) is 1.79. The highest BCUT2D eigenvalue weighted by molar-refractivity contribution is 5.79. The van der Waals surface area contributed by atoms with Gasteiger partial charge in [0.2, 0.25) is 0 Å². The van der Waals surface area contributed by atoms with E-state index in [0.717, 1.165) is 16.7 Å². The monoisotopic (exact) mass is 225 g/mol. The van der Waals surface area contributed by atoms with Gasteiger partial charge in [0.1, 0.15) is 5.82 Å². The molecule has 0 heterocycles. The molecule has 0 amide bonds. The Kier molecular flexibility index (Phi) is 3.71. The average Bonchev–Trinajstić information content (AvgIpc) is 2.38. The lowest BCUT2D eigenvalue weighted by atomic mass is 9.97. The molecule has 85 valence electrons. The van der Waals surface area contributed by atoms with Crippen molar-refractivity contribution in [3.63, 3.8) is 0 Å². The zero-order valence-corrected chi connectivity index (χ0v) is 9.57. The number of benzene rings is 2. The van der Waals surface area contributed by atoms with Crippen LogP contribution in [0.3, 0.4) is 0 Å². The van der Waals surface area contributed by atoms with E-state index < -0.39 is 0 Å². The minimum atomic E-state index is -0.212. The zero-order chi connectivity index (χ0) is 12.1. The molecule has 2 rings (SSSR count). The van der Waals surface area contributed by atoms with Crippen LogP contribution in [-0.4, -0.2) is 0 Å². The Balaban J connectivity index is 2.44. The molecular formula is C16H14F. The maximum absolute atomic E-state index is 12.9. The lowest BCUT2D eigenvalue weighted by molar-refractivity contribution is 0.627. The van der Waals surface area contributed by atoms with Crippen molar-refractivity contribution in [2.45, 2.75) is 6.42 Å². The topological polar surface area (TPSA) is 0 Å². The highest BCUT2D eigenvalue weighted by Gasteiger charge is 2.03. The first-order valence-electron chi connectivity index (χ1n) is 5.62. The molecule has 0 aliphatic carbocycles. The van der Waals surface area contributed by atoms with E-state index in [1.54, 1.807) is 12.1 Å². The summed E-state index contributed by atoms with van der Waals surface area (Å²) < 4.78 is 12.9. The molecule has 0 fully saturated rings. The van der Waals surface area contributed by atoms with Gasteiger partial charge in [0, 0.05) is 0 Å². The summed E-state index contributed by atoms with van der Waals surface area (Å²) in [6.07, 6.45) is 2.77. The van der Waals surface area contributed by atoms with Gasteiger partial charge in [-0.05, 0) is 42.2 Å². The van der Waals surface area contributed by atoms with Gasteiger partial charge in [-0.3, -0.25) is 0 Å². The standard InChI is InChI=1S/C16H14F/c1-2-6-16(13-7-4-3-5-8-13)14-9-11-15(17)12-10-14/h3-12H,1-2H2/b16-6+. The van der Waals surface area contributed by atoms with Gasteiger partial charge in [-0.2, -0.15) is 0 Å². The van der Waals surface area contributed by atoms with Crippen molar-refractivity contribution in [2.75, 3.05) is 0 Å². The molecule has 0 aromatic heterocycles. The highest BCUT2D eigenvalue weighted by Crippen LogP contribution is 2.23. The van der Waals surface area contributed by atoms with E-state index in [9.17, 15) is 4.39 Å². The molecule has 0 saturated carbocycles. The number of halogens is 1. The SMILES string of the molecule is [CH2]C/C=C(\c1ccccc1)c1ccc(F)cc1. The number of hydrogen-bond donors (Lipinski definition) is 0. The van der Waals surface area contributed by atoms with Crippen molar-refractivity contribution >= 4 is 5.57 Å². The van der Waals surface area contributed by atoms with Crippen molar-refractivity contribution in [3.8, 4) is 0 Å². The van der Waals surface area contributed by atoms with Gasteiger partial charge in [-0.1, -0.05) is 48.5 Å². The Hall–Kier alpha value is -1.89.